The first-order valence-corrected chi connectivity index (χ1v) is 10.0. The van der Waals surface area contributed by atoms with Gasteiger partial charge in [0.25, 0.3) is 0 Å². The molecule has 1 aliphatic rings. The van der Waals surface area contributed by atoms with Crippen LogP contribution in [0, 0.1) is 6.92 Å². The molecule has 0 radical (unpaired) electrons. The van der Waals surface area contributed by atoms with Gasteiger partial charge in [-0.25, -0.2) is 8.42 Å². The van der Waals surface area contributed by atoms with Crippen LogP contribution in [0.1, 0.15) is 29.2 Å². The third-order valence-electron chi connectivity index (χ3n) is 4.48. The normalized spacial score (nSPS) is 17.2. The highest BCUT2D eigenvalue weighted by atomic mass is 32.2. The van der Waals surface area contributed by atoms with Gasteiger partial charge in [0.2, 0.25) is 10.0 Å². The fraction of sp³-hybridized carbons (Fsp3) is 0.316. The molecule has 0 fully saturated rings. The van der Waals surface area contributed by atoms with E-state index in [9.17, 15) is 8.42 Å². The quantitative estimate of drug-likeness (QED) is 0.806. The van der Waals surface area contributed by atoms with Crippen LogP contribution in [0.15, 0.2) is 47.6 Å². The molecule has 1 unspecified atom stereocenters. The SMILES string of the molecule is COc1ccc(C2=NN(S(C)(=O)=O)C(c3ccccc3C)C2)cc1OC. The van der Waals surface area contributed by atoms with Crippen LogP contribution in [0.4, 0.5) is 0 Å². The van der Waals surface area contributed by atoms with Gasteiger partial charge in [-0.15, -0.1) is 0 Å². The van der Waals surface area contributed by atoms with Crippen molar-refractivity contribution in [3.63, 3.8) is 0 Å². The summed E-state index contributed by atoms with van der Waals surface area (Å²) in [6.45, 7) is 1.98. The van der Waals surface area contributed by atoms with Crippen LogP contribution in [0.25, 0.3) is 0 Å². The van der Waals surface area contributed by atoms with E-state index in [-0.39, 0.29) is 6.04 Å². The molecule has 0 aliphatic carbocycles. The van der Waals surface area contributed by atoms with E-state index in [0.29, 0.717) is 23.6 Å². The first kappa shape index (κ1) is 18.3. The lowest BCUT2D eigenvalue weighted by molar-refractivity contribution is 0.355. The predicted molar refractivity (Wildman–Crippen MR) is 101 cm³/mol. The van der Waals surface area contributed by atoms with E-state index in [0.717, 1.165) is 16.7 Å². The highest BCUT2D eigenvalue weighted by Gasteiger charge is 2.35. The Balaban J connectivity index is 2.04. The number of hydrogen-bond acceptors (Lipinski definition) is 5. The molecule has 3 rings (SSSR count). The molecule has 6 nitrogen and oxygen atoms in total. The molecule has 0 saturated heterocycles. The number of nitrogens with zero attached hydrogens (tertiary/aromatic N) is 2. The van der Waals surface area contributed by atoms with Crippen LogP contribution >= 0.6 is 0 Å². The Hall–Kier alpha value is -2.54. The maximum atomic E-state index is 12.3. The first-order valence-electron chi connectivity index (χ1n) is 8.20. The van der Waals surface area contributed by atoms with Crippen molar-refractivity contribution in [1.29, 1.82) is 0 Å². The number of hydrazone groups is 1. The van der Waals surface area contributed by atoms with Gasteiger partial charge in [-0.05, 0) is 36.2 Å². The Morgan fingerprint density at radius 2 is 1.77 bits per heavy atom. The lowest BCUT2D eigenvalue weighted by Crippen LogP contribution is -2.26. The summed E-state index contributed by atoms with van der Waals surface area (Å²) in [5.41, 5.74) is 3.50. The van der Waals surface area contributed by atoms with Crippen molar-refractivity contribution >= 4 is 15.7 Å². The number of benzene rings is 2. The minimum Gasteiger partial charge on any atom is -0.493 e. The summed E-state index contributed by atoms with van der Waals surface area (Å²) in [6.07, 6.45) is 1.67. The molecule has 1 atom stereocenters. The van der Waals surface area contributed by atoms with E-state index >= 15 is 0 Å². The van der Waals surface area contributed by atoms with Crippen LogP contribution in [0.5, 0.6) is 11.5 Å². The molecule has 0 bridgehead atoms. The molecule has 0 saturated carbocycles. The van der Waals surface area contributed by atoms with E-state index in [1.165, 1.54) is 10.7 Å². The topological polar surface area (TPSA) is 68.2 Å². The van der Waals surface area contributed by atoms with Gasteiger partial charge < -0.3 is 9.47 Å². The summed E-state index contributed by atoms with van der Waals surface area (Å²) in [7, 11) is -0.356. The summed E-state index contributed by atoms with van der Waals surface area (Å²) in [6, 6.07) is 12.9. The molecule has 26 heavy (non-hydrogen) atoms. The Labute approximate surface area is 154 Å². The Morgan fingerprint density at radius 1 is 1.08 bits per heavy atom. The smallest absolute Gasteiger partial charge is 0.247 e. The highest BCUT2D eigenvalue weighted by molar-refractivity contribution is 7.88. The highest BCUT2D eigenvalue weighted by Crippen LogP contribution is 2.37. The van der Waals surface area contributed by atoms with E-state index < -0.39 is 10.0 Å². The van der Waals surface area contributed by atoms with Gasteiger partial charge in [0.05, 0.1) is 32.2 Å². The zero-order valence-electron chi connectivity index (χ0n) is 15.3. The van der Waals surface area contributed by atoms with Crippen LogP contribution in [0.3, 0.4) is 0 Å². The third kappa shape index (κ3) is 3.39. The molecular weight excluding hydrogens is 352 g/mol. The summed E-state index contributed by atoms with van der Waals surface area (Å²) in [4.78, 5) is 0. The second kappa shape index (κ2) is 6.99. The second-order valence-electron chi connectivity index (χ2n) is 6.23. The van der Waals surface area contributed by atoms with Crippen molar-refractivity contribution in [1.82, 2.24) is 4.41 Å². The molecule has 0 N–H and O–H groups in total. The van der Waals surface area contributed by atoms with Gasteiger partial charge in [0.15, 0.2) is 11.5 Å². The van der Waals surface area contributed by atoms with Crippen LogP contribution < -0.4 is 9.47 Å². The van der Waals surface area contributed by atoms with Gasteiger partial charge in [0, 0.05) is 12.0 Å². The molecule has 1 heterocycles. The van der Waals surface area contributed by atoms with Gasteiger partial charge >= 0.3 is 0 Å². The van der Waals surface area contributed by atoms with Gasteiger partial charge in [-0.1, -0.05) is 24.3 Å². The molecular formula is C19H22N2O4S. The molecule has 1 aliphatic heterocycles. The lowest BCUT2D eigenvalue weighted by atomic mass is 9.96. The van der Waals surface area contributed by atoms with Crippen molar-refractivity contribution in [2.75, 3.05) is 20.5 Å². The van der Waals surface area contributed by atoms with E-state index in [1.54, 1.807) is 20.3 Å². The van der Waals surface area contributed by atoms with E-state index in [1.807, 2.05) is 43.3 Å². The Kier molecular flexibility index (Phi) is 4.91. The number of sulfonamides is 1. The molecule has 0 spiro atoms. The maximum Gasteiger partial charge on any atom is 0.247 e. The van der Waals surface area contributed by atoms with Crippen molar-refractivity contribution in [3.05, 3.63) is 59.2 Å². The number of aryl methyl sites for hydroxylation is 1. The van der Waals surface area contributed by atoms with Crippen molar-refractivity contribution in [2.45, 2.75) is 19.4 Å². The first-order chi connectivity index (χ1) is 12.3. The number of hydrogen-bond donors (Lipinski definition) is 0. The van der Waals surface area contributed by atoms with Crippen LogP contribution in [-0.2, 0) is 10.0 Å². The minimum atomic E-state index is -3.50. The summed E-state index contributed by atoms with van der Waals surface area (Å²) < 4.78 is 36.4. The largest absolute Gasteiger partial charge is 0.493 e. The van der Waals surface area contributed by atoms with Gasteiger partial charge in [-0.3, -0.25) is 0 Å². The molecule has 138 valence electrons. The fourth-order valence-electron chi connectivity index (χ4n) is 3.18. The van der Waals surface area contributed by atoms with Gasteiger partial charge in [0.1, 0.15) is 0 Å². The lowest BCUT2D eigenvalue weighted by Gasteiger charge is -2.22. The fourth-order valence-corrected chi connectivity index (χ4v) is 4.07. The van der Waals surface area contributed by atoms with E-state index in [2.05, 4.69) is 5.10 Å². The molecule has 0 amide bonds. The summed E-state index contributed by atoms with van der Waals surface area (Å²) in [5.74, 6) is 1.20. The molecule has 7 heteroatoms. The van der Waals surface area contributed by atoms with Crippen LogP contribution in [0.2, 0.25) is 0 Å². The zero-order chi connectivity index (χ0) is 18.9. The van der Waals surface area contributed by atoms with Gasteiger partial charge in [-0.2, -0.15) is 9.52 Å². The van der Waals surface area contributed by atoms with Crippen molar-refractivity contribution in [2.24, 2.45) is 5.10 Å². The summed E-state index contributed by atoms with van der Waals surface area (Å²) >= 11 is 0. The van der Waals surface area contributed by atoms with Crippen LogP contribution in [-0.4, -0.2) is 39.0 Å². The third-order valence-corrected chi connectivity index (χ3v) is 5.49. The maximum absolute atomic E-state index is 12.3. The average molecular weight is 374 g/mol. The van der Waals surface area contributed by atoms with E-state index in [4.69, 9.17) is 9.47 Å². The number of rotatable bonds is 5. The summed E-state index contributed by atoms with van der Waals surface area (Å²) in [5, 5.41) is 4.43. The Morgan fingerprint density at radius 3 is 2.38 bits per heavy atom. The van der Waals surface area contributed by atoms with Crippen molar-refractivity contribution in [3.8, 4) is 11.5 Å². The average Bonchev–Trinajstić information content (AvgIpc) is 3.07. The predicted octanol–water partition coefficient (Wildman–Crippen LogP) is 3.12. The molecule has 2 aromatic carbocycles. The molecule has 0 aromatic heterocycles. The minimum absolute atomic E-state index is 0.353. The Bertz CT molecular complexity index is 954. The monoisotopic (exact) mass is 374 g/mol. The number of ether oxygens (including phenoxy) is 2. The number of methoxy groups -OCH3 is 2. The standard InChI is InChI=1S/C19H22N2O4S/c1-13-7-5-6-8-15(13)17-12-16(20-21(17)26(4,22)23)14-9-10-18(24-2)19(11-14)25-3/h5-11,17H,12H2,1-4H3. The molecule has 2 aromatic rings. The van der Waals surface area contributed by atoms with Crippen molar-refractivity contribution < 1.29 is 17.9 Å². The zero-order valence-corrected chi connectivity index (χ0v) is 16.1. The second-order valence-corrected chi connectivity index (χ2v) is 8.07.